The van der Waals surface area contributed by atoms with Crippen molar-refractivity contribution in [3.63, 3.8) is 0 Å². The molecule has 0 spiro atoms. The molecule has 0 aromatic rings. The fraction of sp³-hybridized carbons (Fsp3) is 0.838. The van der Waals surface area contributed by atoms with Gasteiger partial charge >= 0.3 is 23.9 Å². The van der Waals surface area contributed by atoms with Crippen molar-refractivity contribution >= 4 is 35.4 Å². The van der Waals surface area contributed by atoms with Crippen LogP contribution in [0.3, 0.4) is 0 Å². The Kier molecular flexibility index (Phi) is 30.4. The highest BCUT2D eigenvalue weighted by molar-refractivity contribution is 5.98. The van der Waals surface area contributed by atoms with E-state index in [4.69, 9.17) is 33.9 Å². The summed E-state index contributed by atoms with van der Waals surface area (Å²) < 4.78 is 26.5. The second-order valence-electron chi connectivity index (χ2n) is 14.1. The van der Waals surface area contributed by atoms with Crippen molar-refractivity contribution in [1.82, 2.24) is 0 Å². The topological polar surface area (TPSA) is 189 Å². The summed E-state index contributed by atoms with van der Waals surface area (Å²) in [6.45, 7) is 15.3. The molecule has 13 heteroatoms. The fourth-order valence-electron chi connectivity index (χ4n) is 4.12. The van der Waals surface area contributed by atoms with Crippen molar-refractivity contribution in [2.45, 2.75) is 162 Å². The molecule has 0 fully saturated rings. The van der Waals surface area contributed by atoms with Gasteiger partial charge in [0.2, 0.25) is 0 Å². The number of hydrogen-bond acceptors (Lipinski definition) is 11. The number of carbonyl (C=O) groups excluding carboxylic acids is 4. The molecular weight excluding hydrogens is 652 g/mol. The lowest BCUT2D eigenvalue weighted by atomic mass is 10.0. The Morgan fingerprint density at radius 3 is 1.10 bits per heavy atom. The molecule has 0 aromatic carbocycles. The molecule has 0 bridgehead atoms. The molecule has 13 nitrogen and oxygen atoms in total. The highest BCUT2D eigenvalue weighted by atomic mass is 16.6. The molecule has 0 aliphatic heterocycles. The molecule has 0 atom stereocenters. The minimum atomic E-state index is -0.880. The van der Waals surface area contributed by atoms with Gasteiger partial charge in [0.15, 0.2) is 0 Å². The predicted octanol–water partition coefficient (Wildman–Crippen LogP) is 6.65. The number of carboxylic acids is 2. The first-order valence-corrected chi connectivity index (χ1v) is 18.0. The minimum absolute atomic E-state index is 0.0425. The number of carboxylic acid groups (broad SMARTS) is 2. The zero-order chi connectivity index (χ0) is 38.3. The third-order valence-electron chi connectivity index (χ3n) is 6.69. The van der Waals surface area contributed by atoms with Crippen LogP contribution in [0.15, 0.2) is 0 Å². The van der Waals surface area contributed by atoms with Crippen LogP contribution < -0.4 is 0 Å². The summed E-state index contributed by atoms with van der Waals surface area (Å²) >= 11 is 0. The SMILES string of the molecule is CC(C)(C)OCCOCCOC(C)(C)C.O=C(O)CCCCC(=O)OCCCCCC(=O)CC(=O)CCCCCOC(=O)CCCCC(=O)O. The summed E-state index contributed by atoms with van der Waals surface area (Å²) in [6.07, 6.45) is 6.86. The van der Waals surface area contributed by atoms with Gasteiger partial charge in [-0.05, 0) is 106 Å². The van der Waals surface area contributed by atoms with Crippen LogP contribution >= 0.6 is 0 Å². The molecule has 0 unspecified atom stereocenters. The van der Waals surface area contributed by atoms with Gasteiger partial charge in [-0.3, -0.25) is 28.8 Å². The molecule has 0 radical (unpaired) electrons. The smallest absolute Gasteiger partial charge is 0.305 e. The number of ketones is 2. The van der Waals surface area contributed by atoms with Gasteiger partial charge in [-0.25, -0.2) is 0 Å². The standard InChI is InChI=1S/C25H40O10.C12H26O3/c26-20(11-3-1-9-17-34-24(32)15-7-5-13-22(28)29)19-21(27)12-4-2-10-18-35-25(33)16-8-6-14-23(30)31;1-11(2,3)14-9-7-13-8-10-15-12(4,5)6/h1-19H2,(H,28,29)(H,30,31);7-10H2,1-6H3. The maximum Gasteiger partial charge on any atom is 0.305 e. The van der Waals surface area contributed by atoms with Crippen LogP contribution in [0.25, 0.3) is 0 Å². The average molecular weight is 719 g/mol. The van der Waals surface area contributed by atoms with Gasteiger partial charge in [0.1, 0.15) is 11.6 Å². The molecular formula is C37H66O13. The van der Waals surface area contributed by atoms with E-state index in [1.165, 1.54) is 0 Å². The highest BCUT2D eigenvalue weighted by Crippen LogP contribution is 2.10. The first-order chi connectivity index (χ1) is 23.4. The first kappa shape index (κ1) is 49.2. The molecule has 0 saturated heterocycles. The van der Waals surface area contributed by atoms with Crippen molar-refractivity contribution in [2.75, 3.05) is 39.6 Å². The van der Waals surface area contributed by atoms with E-state index in [2.05, 4.69) is 0 Å². The molecule has 0 aromatic heterocycles. The van der Waals surface area contributed by atoms with E-state index in [9.17, 15) is 28.8 Å². The minimum Gasteiger partial charge on any atom is -0.481 e. The molecule has 0 saturated carbocycles. The van der Waals surface area contributed by atoms with Gasteiger partial charge in [-0.1, -0.05) is 0 Å². The summed E-state index contributed by atoms with van der Waals surface area (Å²) in [5, 5.41) is 17.0. The third kappa shape index (κ3) is 43.1. The normalized spacial score (nSPS) is 11.3. The van der Waals surface area contributed by atoms with E-state index < -0.39 is 11.9 Å². The maximum atomic E-state index is 11.9. The predicted molar refractivity (Wildman–Crippen MR) is 188 cm³/mol. The Balaban J connectivity index is 0. The summed E-state index contributed by atoms with van der Waals surface area (Å²) in [7, 11) is 0. The van der Waals surface area contributed by atoms with Gasteiger partial charge in [-0.2, -0.15) is 0 Å². The Morgan fingerprint density at radius 2 is 0.760 bits per heavy atom. The van der Waals surface area contributed by atoms with Crippen molar-refractivity contribution in [1.29, 1.82) is 0 Å². The van der Waals surface area contributed by atoms with E-state index in [0.29, 0.717) is 103 Å². The number of Topliss-reactive ketones (excluding diaryl/α,β-unsaturated/α-hetero) is 2. The number of rotatable bonds is 30. The Hall–Kier alpha value is -2.90. The van der Waals surface area contributed by atoms with Crippen molar-refractivity contribution in [3.05, 3.63) is 0 Å². The molecule has 0 aliphatic carbocycles. The van der Waals surface area contributed by atoms with Gasteiger partial charge in [0.25, 0.3) is 0 Å². The van der Waals surface area contributed by atoms with Crippen LogP contribution in [-0.4, -0.2) is 96.5 Å². The Bertz CT molecular complexity index is 874. The first-order valence-electron chi connectivity index (χ1n) is 18.0. The number of unbranched alkanes of at least 4 members (excludes halogenated alkanes) is 6. The molecule has 0 aliphatic rings. The number of hydrogen-bond donors (Lipinski definition) is 2. The molecule has 2 N–H and O–H groups in total. The van der Waals surface area contributed by atoms with Gasteiger partial charge in [0.05, 0.1) is 57.3 Å². The number of esters is 2. The lowest BCUT2D eigenvalue weighted by Gasteiger charge is -2.20. The van der Waals surface area contributed by atoms with Crippen LogP contribution in [0.2, 0.25) is 0 Å². The zero-order valence-electron chi connectivity index (χ0n) is 31.6. The molecule has 0 heterocycles. The van der Waals surface area contributed by atoms with Crippen molar-refractivity contribution in [3.8, 4) is 0 Å². The summed E-state index contributed by atoms with van der Waals surface area (Å²) in [6, 6.07) is 0. The van der Waals surface area contributed by atoms with Crippen LogP contribution in [0.1, 0.15) is 151 Å². The highest BCUT2D eigenvalue weighted by Gasteiger charge is 2.12. The summed E-state index contributed by atoms with van der Waals surface area (Å²) in [5.74, 6) is -2.64. The van der Waals surface area contributed by atoms with Gasteiger partial charge in [0, 0.05) is 38.5 Å². The van der Waals surface area contributed by atoms with Crippen molar-refractivity contribution < 1.29 is 62.7 Å². The fourth-order valence-corrected chi connectivity index (χ4v) is 4.12. The summed E-state index contributed by atoms with van der Waals surface area (Å²) in [5.41, 5.74) is -0.156. The quantitative estimate of drug-likeness (QED) is 0.0457. The number of ether oxygens (including phenoxy) is 5. The molecule has 50 heavy (non-hydrogen) atoms. The second kappa shape index (κ2) is 30.9. The van der Waals surface area contributed by atoms with E-state index in [1.807, 2.05) is 41.5 Å². The van der Waals surface area contributed by atoms with E-state index in [-0.39, 0.29) is 80.0 Å². The van der Waals surface area contributed by atoms with Crippen LogP contribution in [0.5, 0.6) is 0 Å². The van der Waals surface area contributed by atoms with E-state index >= 15 is 0 Å². The van der Waals surface area contributed by atoms with Crippen LogP contribution in [-0.2, 0) is 52.5 Å². The lowest BCUT2D eigenvalue weighted by molar-refractivity contribution is -0.145. The lowest BCUT2D eigenvalue weighted by Crippen LogP contribution is -2.24. The van der Waals surface area contributed by atoms with E-state index in [0.717, 1.165) is 0 Å². The number of aliphatic carboxylic acids is 2. The van der Waals surface area contributed by atoms with Crippen LogP contribution in [0, 0.1) is 0 Å². The van der Waals surface area contributed by atoms with Gasteiger partial charge in [-0.15, -0.1) is 0 Å². The third-order valence-corrected chi connectivity index (χ3v) is 6.69. The van der Waals surface area contributed by atoms with E-state index in [1.54, 1.807) is 0 Å². The monoisotopic (exact) mass is 718 g/mol. The largest absolute Gasteiger partial charge is 0.481 e. The molecule has 0 amide bonds. The zero-order valence-corrected chi connectivity index (χ0v) is 31.6. The maximum absolute atomic E-state index is 11.9. The van der Waals surface area contributed by atoms with Crippen molar-refractivity contribution in [2.24, 2.45) is 0 Å². The number of carbonyl (C=O) groups is 6. The summed E-state index contributed by atoms with van der Waals surface area (Å²) in [4.78, 5) is 67.6. The Labute approximate surface area is 299 Å². The van der Waals surface area contributed by atoms with Gasteiger partial charge < -0.3 is 33.9 Å². The van der Waals surface area contributed by atoms with Crippen LogP contribution in [0.4, 0.5) is 0 Å². The average Bonchev–Trinajstić information content (AvgIpc) is 2.99. The molecule has 0 rings (SSSR count). The second-order valence-corrected chi connectivity index (χ2v) is 14.1. The molecule has 292 valence electrons. The Morgan fingerprint density at radius 1 is 0.420 bits per heavy atom.